The monoisotopic (exact) mass is 167 g/mol. The predicted molar refractivity (Wildman–Crippen MR) is 54.0 cm³/mol. The second kappa shape index (κ2) is 4.54. The van der Waals surface area contributed by atoms with Crippen LogP contribution in [0.5, 0.6) is 0 Å². The molecule has 0 spiro atoms. The van der Waals surface area contributed by atoms with Crippen LogP contribution in [0.15, 0.2) is 11.8 Å². The van der Waals surface area contributed by atoms with Gasteiger partial charge in [-0.2, -0.15) is 0 Å². The standard InChI is InChI=1S/C11H21N/c1-4-10-5-6-11(7-10)12-8-9(2)3/h8,10-12H,4-7H2,1-3H3/t10?,11-/m1/s1. The topological polar surface area (TPSA) is 12.0 Å². The molecule has 0 aromatic rings. The van der Waals surface area contributed by atoms with Gasteiger partial charge in [0, 0.05) is 6.04 Å². The highest BCUT2D eigenvalue weighted by molar-refractivity contribution is 4.94. The van der Waals surface area contributed by atoms with Crippen LogP contribution in [0.4, 0.5) is 0 Å². The molecule has 0 aromatic heterocycles. The Hall–Kier alpha value is -0.460. The molecule has 1 heteroatoms. The van der Waals surface area contributed by atoms with Crippen LogP contribution >= 0.6 is 0 Å². The summed E-state index contributed by atoms with van der Waals surface area (Å²) in [6.45, 7) is 6.58. The maximum absolute atomic E-state index is 3.48. The maximum atomic E-state index is 3.48. The summed E-state index contributed by atoms with van der Waals surface area (Å²) in [7, 11) is 0. The molecule has 1 nitrogen and oxygen atoms in total. The summed E-state index contributed by atoms with van der Waals surface area (Å²) >= 11 is 0. The van der Waals surface area contributed by atoms with Gasteiger partial charge in [0.15, 0.2) is 0 Å². The van der Waals surface area contributed by atoms with Crippen molar-refractivity contribution in [3.05, 3.63) is 11.8 Å². The lowest BCUT2D eigenvalue weighted by Gasteiger charge is -2.10. The molecule has 1 unspecified atom stereocenters. The number of rotatable bonds is 3. The first kappa shape index (κ1) is 9.63. The number of nitrogens with one attached hydrogen (secondary N) is 1. The van der Waals surface area contributed by atoms with Crippen molar-refractivity contribution in [2.24, 2.45) is 5.92 Å². The summed E-state index contributed by atoms with van der Waals surface area (Å²) in [5.74, 6) is 0.980. The molecule has 1 aliphatic carbocycles. The summed E-state index contributed by atoms with van der Waals surface area (Å²) in [4.78, 5) is 0. The number of hydrogen-bond donors (Lipinski definition) is 1. The van der Waals surface area contributed by atoms with Crippen molar-refractivity contribution in [1.29, 1.82) is 0 Å². The summed E-state index contributed by atoms with van der Waals surface area (Å²) in [6.07, 6.45) is 7.67. The fourth-order valence-corrected chi connectivity index (χ4v) is 1.88. The van der Waals surface area contributed by atoms with E-state index in [0.29, 0.717) is 0 Å². The minimum Gasteiger partial charge on any atom is -0.388 e. The van der Waals surface area contributed by atoms with Crippen molar-refractivity contribution >= 4 is 0 Å². The molecule has 1 rings (SSSR count). The van der Waals surface area contributed by atoms with Gasteiger partial charge in [0.25, 0.3) is 0 Å². The highest BCUT2D eigenvalue weighted by atomic mass is 14.9. The van der Waals surface area contributed by atoms with Gasteiger partial charge in [-0.3, -0.25) is 0 Å². The first-order valence-electron chi connectivity index (χ1n) is 5.11. The van der Waals surface area contributed by atoms with E-state index in [1.54, 1.807) is 0 Å². The molecular weight excluding hydrogens is 146 g/mol. The summed E-state index contributed by atoms with van der Waals surface area (Å²) < 4.78 is 0. The largest absolute Gasteiger partial charge is 0.388 e. The smallest absolute Gasteiger partial charge is 0.0258 e. The minimum atomic E-state index is 0.754. The van der Waals surface area contributed by atoms with Crippen molar-refractivity contribution in [1.82, 2.24) is 5.32 Å². The van der Waals surface area contributed by atoms with E-state index in [-0.39, 0.29) is 0 Å². The lowest BCUT2D eigenvalue weighted by Crippen LogP contribution is -2.20. The van der Waals surface area contributed by atoms with Crippen LogP contribution in [0.25, 0.3) is 0 Å². The van der Waals surface area contributed by atoms with E-state index in [1.807, 2.05) is 0 Å². The minimum absolute atomic E-state index is 0.754. The van der Waals surface area contributed by atoms with Crippen LogP contribution in [0.3, 0.4) is 0 Å². The average molecular weight is 167 g/mol. The second-order valence-electron chi connectivity index (χ2n) is 4.17. The van der Waals surface area contributed by atoms with Gasteiger partial charge in [-0.15, -0.1) is 0 Å². The Labute approximate surface area is 76.2 Å². The van der Waals surface area contributed by atoms with Crippen molar-refractivity contribution in [2.75, 3.05) is 0 Å². The van der Waals surface area contributed by atoms with E-state index in [0.717, 1.165) is 12.0 Å². The predicted octanol–water partition coefficient (Wildman–Crippen LogP) is 3.08. The Morgan fingerprint density at radius 2 is 2.17 bits per heavy atom. The molecule has 12 heavy (non-hydrogen) atoms. The Morgan fingerprint density at radius 3 is 2.67 bits per heavy atom. The molecule has 70 valence electrons. The van der Waals surface area contributed by atoms with E-state index >= 15 is 0 Å². The molecular formula is C11H21N. The van der Waals surface area contributed by atoms with Crippen LogP contribution in [0.2, 0.25) is 0 Å². The first-order chi connectivity index (χ1) is 5.72. The molecule has 0 radical (unpaired) electrons. The third kappa shape index (κ3) is 2.88. The van der Waals surface area contributed by atoms with Crippen LogP contribution < -0.4 is 5.32 Å². The zero-order valence-corrected chi connectivity index (χ0v) is 8.56. The normalized spacial score (nSPS) is 28.6. The van der Waals surface area contributed by atoms with E-state index in [1.165, 1.54) is 31.3 Å². The van der Waals surface area contributed by atoms with Gasteiger partial charge in [0.1, 0.15) is 0 Å². The van der Waals surface area contributed by atoms with E-state index in [9.17, 15) is 0 Å². The van der Waals surface area contributed by atoms with Gasteiger partial charge < -0.3 is 5.32 Å². The van der Waals surface area contributed by atoms with Crippen LogP contribution in [0.1, 0.15) is 46.5 Å². The van der Waals surface area contributed by atoms with Gasteiger partial charge in [0.05, 0.1) is 0 Å². The Morgan fingerprint density at radius 1 is 1.42 bits per heavy atom. The lowest BCUT2D eigenvalue weighted by atomic mass is 10.1. The highest BCUT2D eigenvalue weighted by Crippen LogP contribution is 2.27. The van der Waals surface area contributed by atoms with Crippen molar-refractivity contribution in [3.8, 4) is 0 Å². The van der Waals surface area contributed by atoms with Gasteiger partial charge in [-0.1, -0.05) is 18.9 Å². The van der Waals surface area contributed by atoms with Crippen molar-refractivity contribution in [3.63, 3.8) is 0 Å². The average Bonchev–Trinajstić information content (AvgIpc) is 2.48. The summed E-state index contributed by atoms with van der Waals surface area (Å²) in [5, 5.41) is 3.48. The molecule has 0 bridgehead atoms. The van der Waals surface area contributed by atoms with Crippen molar-refractivity contribution < 1.29 is 0 Å². The zero-order chi connectivity index (χ0) is 8.97. The summed E-state index contributed by atoms with van der Waals surface area (Å²) in [5.41, 5.74) is 1.37. The van der Waals surface area contributed by atoms with E-state index in [2.05, 4.69) is 32.3 Å². The molecule has 0 heterocycles. The fourth-order valence-electron chi connectivity index (χ4n) is 1.88. The van der Waals surface area contributed by atoms with Gasteiger partial charge in [-0.05, 0) is 45.2 Å². The van der Waals surface area contributed by atoms with E-state index < -0.39 is 0 Å². The lowest BCUT2D eigenvalue weighted by molar-refractivity contribution is 0.505. The number of allylic oxidation sites excluding steroid dienone is 1. The number of hydrogen-bond acceptors (Lipinski definition) is 1. The van der Waals surface area contributed by atoms with Crippen LogP contribution in [0, 0.1) is 5.92 Å². The molecule has 0 amide bonds. The molecule has 0 saturated heterocycles. The maximum Gasteiger partial charge on any atom is 0.0258 e. The molecule has 1 fully saturated rings. The SMILES string of the molecule is CCC1CC[C@@H](NC=C(C)C)C1. The third-order valence-electron chi connectivity index (χ3n) is 2.73. The highest BCUT2D eigenvalue weighted by Gasteiger charge is 2.21. The van der Waals surface area contributed by atoms with Crippen LogP contribution in [-0.2, 0) is 0 Å². The molecule has 1 N–H and O–H groups in total. The summed E-state index contributed by atoms with van der Waals surface area (Å²) in [6, 6.07) is 0.754. The third-order valence-corrected chi connectivity index (χ3v) is 2.73. The second-order valence-corrected chi connectivity index (χ2v) is 4.17. The van der Waals surface area contributed by atoms with E-state index in [4.69, 9.17) is 0 Å². The molecule has 1 aliphatic rings. The first-order valence-corrected chi connectivity index (χ1v) is 5.11. The molecule has 0 aliphatic heterocycles. The van der Waals surface area contributed by atoms with Gasteiger partial charge >= 0.3 is 0 Å². The Balaban J connectivity index is 2.23. The molecule has 2 atom stereocenters. The Kier molecular flexibility index (Phi) is 3.64. The quantitative estimate of drug-likeness (QED) is 0.681. The molecule has 0 aromatic carbocycles. The molecule has 1 saturated carbocycles. The van der Waals surface area contributed by atoms with Crippen LogP contribution in [-0.4, -0.2) is 6.04 Å². The van der Waals surface area contributed by atoms with Crippen molar-refractivity contribution in [2.45, 2.75) is 52.5 Å². The zero-order valence-electron chi connectivity index (χ0n) is 8.56. The Bertz CT molecular complexity index is 156. The van der Waals surface area contributed by atoms with Gasteiger partial charge in [-0.25, -0.2) is 0 Å². The van der Waals surface area contributed by atoms with Gasteiger partial charge in [0.2, 0.25) is 0 Å². The fraction of sp³-hybridized carbons (Fsp3) is 0.818.